The summed E-state index contributed by atoms with van der Waals surface area (Å²) in [6, 6.07) is 8.89. The zero-order chi connectivity index (χ0) is 12.9. The van der Waals surface area contributed by atoms with Gasteiger partial charge in [-0.1, -0.05) is 37.3 Å². The zero-order valence-electron chi connectivity index (χ0n) is 9.63. The molecule has 1 nitrogen and oxygen atoms in total. The summed E-state index contributed by atoms with van der Waals surface area (Å²) in [5, 5.41) is 0. The van der Waals surface area contributed by atoms with Crippen LogP contribution in [-0.2, 0) is 11.2 Å². The first kappa shape index (κ1) is 13.7. The maximum Gasteiger partial charge on any atom is 0.401 e. The Hall–Kier alpha value is -1.32. The lowest BCUT2D eigenvalue weighted by molar-refractivity contribution is -0.217. The van der Waals surface area contributed by atoms with E-state index in [4.69, 9.17) is 0 Å². The SMILES string of the molecule is CCC(C=O)(CCc1ccccc1)C(F)(F)F. The second kappa shape index (κ2) is 5.34. The van der Waals surface area contributed by atoms with Gasteiger partial charge in [0.05, 0.1) is 0 Å². The summed E-state index contributed by atoms with van der Waals surface area (Å²) in [4.78, 5) is 10.8. The Morgan fingerprint density at radius 3 is 2.18 bits per heavy atom. The Labute approximate surface area is 98.6 Å². The first-order valence-corrected chi connectivity index (χ1v) is 5.52. The van der Waals surface area contributed by atoms with Gasteiger partial charge in [0.2, 0.25) is 0 Å². The molecule has 0 aromatic heterocycles. The van der Waals surface area contributed by atoms with Crippen molar-refractivity contribution in [2.45, 2.75) is 32.4 Å². The number of hydrogen-bond donors (Lipinski definition) is 0. The van der Waals surface area contributed by atoms with Crippen LogP contribution in [0.25, 0.3) is 0 Å². The number of alkyl halides is 3. The molecule has 0 radical (unpaired) electrons. The fourth-order valence-corrected chi connectivity index (χ4v) is 1.74. The number of carbonyl (C=O) groups excluding carboxylic acids is 1. The summed E-state index contributed by atoms with van der Waals surface area (Å²) in [6.07, 6.45) is -4.57. The van der Waals surface area contributed by atoms with E-state index in [2.05, 4.69) is 0 Å². The minimum Gasteiger partial charge on any atom is -0.302 e. The van der Waals surface area contributed by atoms with Crippen molar-refractivity contribution in [3.05, 3.63) is 35.9 Å². The van der Waals surface area contributed by atoms with Gasteiger partial charge in [0, 0.05) is 0 Å². The van der Waals surface area contributed by atoms with E-state index in [0.717, 1.165) is 5.56 Å². The summed E-state index contributed by atoms with van der Waals surface area (Å²) < 4.78 is 38.5. The summed E-state index contributed by atoms with van der Waals surface area (Å²) >= 11 is 0. The van der Waals surface area contributed by atoms with Gasteiger partial charge in [-0.2, -0.15) is 13.2 Å². The molecule has 1 rings (SSSR count). The van der Waals surface area contributed by atoms with E-state index in [1.165, 1.54) is 6.92 Å². The van der Waals surface area contributed by atoms with Crippen LogP contribution in [0.5, 0.6) is 0 Å². The molecule has 94 valence electrons. The number of aldehydes is 1. The smallest absolute Gasteiger partial charge is 0.302 e. The van der Waals surface area contributed by atoms with Crippen LogP contribution in [0.15, 0.2) is 30.3 Å². The molecule has 0 aliphatic heterocycles. The number of benzene rings is 1. The van der Waals surface area contributed by atoms with Crippen molar-refractivity contribution in [3.63, 3.8) is 0 Å². The van der Waals surface area contributed by atoms with Crippen molar-refractivity contribution in [3.8, 4) is 0 Å². The topological polar surface area (TPSA) is 17.1 Å². The lowest BCUT2D eigenvalue weighted by atomic mass is 9.80. The molecule has 0 saturated carbocycles. The van der Waals surface area contributed by atoms with E-state index < -0.39 is 11.6 Å². The van der Waals surface area contributed by atoms with E-state index in [0.29, 0.717) is 0 Å². The number of aryl methyl sites for hydroxylation is 1. The lowest BCUT2D eigenvalue weighted by Gasteiger charge is -2.29. The molecule has 1 atom stereocenters. The molecule has 0 bridgehead atoms. The summed E-state index contributed by atoms with van der Waals surface area (Å²) in [5.41, 5.74) is -1.39. The van der Waals surface area contributed by atoms with Crippen molar-refractivity contribution < 1.29 is 18.0 Å². The molecule has 17 heavy (non-hydrogen) atoms. The first-order chi connectivity index (χ1) is 7.95. The fourth-order valence-electron chi connectivity index (χ4n) is 1.74. The molecule has 0 fully saturated rings. The van der Waals surface area contributed by atoms with Gasteiger partial charge in [-0.05, 0) is 24.8 Å². The normalized spacial score (nSPS) is 15.3. The predicted molar refractivity (Wildman–Crippen MR) is 59.6 cm³/mol. The summed E-state index contributed by atoms with van der Waals surface area (Å²) in [7, 11) is 0. The minimum absolute atomic E-state index is 0.0515. The van der Waals surface area contributed by atoms with E-state index >= 15 is 0 Å². The molecular formula is C13H15F3O. The van der Waals surface area contributed by atoms with Gasteiger partial charge in [-0.15, -0.1) is 0 Å². The van der Waals surface area contributed by atoms with Gasteiger partial charge in [0.1, 0.15) is 11.7 Å². The van der Waals surface area contributed by atoms with E-state index in [1.54, 1.807) is 30.3 Å². The molecule has 0 N–H and O–H groups in total. The average Bonchev–Trinajstić information content (AvgIpc) is 2.30. The molecule has 0 heterocycles. The largest absolute Gasteiger partial charge is 0.401 e. The molecule has 0 amide bonds. The van der Waals surface area contributed by atoms with Crippen molar-refractivity contribution in [2.24, 2.45) is 5.41 Å². The summed E-state index contributed by atoms with van der Waals surface area (Å²) in [6.45, 7) is 1.40. The molecular weight excluding hydrogens is 229 g/mol. The first-order valence-electron chi connectivity index (χ1n) is 5.52. The van der Waals surface area contributed by atoms with Gasteiger partial charge in [0.25, 0.3) is 0 Å². The second-order valence-corrected chi connectivity index (χ2v) is 4.11. The van der Waals surface area contributed by atoms with Gasteiger partial charge >= 0.3 is 6.18 Å². The third-order valence-corrected chi connectivity index (χ3v) is 3.12. The minimum atomic E-state index is -4.47. The maximum atomic E-state index is 12.8. The van der Waals surface area contributed by atoms with E-state index in [9.17, 15) is 18.0 Å². The van der Waals surface area contributed by atoms with Crippen LogP contribution >= 0.6 is 0 Å². The second-order valence-electron chi connectivity index (χ2n) is 4.11. The lowest BCUT2D eigenvalue weighted by Crippen LogP contribution is -2.39. The van der Waals surface area contributed by atoms with Crippen LogP contribution in [-0.4, -0.2) is 12.5 Å². The predicted octanol–water partition coefficient (Wildman–Crippen LogP) is 3.78. The Kier molecular flexibility index (Phi) is 4.32. The van der Waals surface area contributed by atoms with Crippen LogP contribution in [0.2, 0.25) is 0 Å². The quantitative estimate of drug-likeness (QED) is 0.720. The highest BCUT2D eigenvalue weighted by Crippen LogP contribution is 2.42. The molecule has 1 aromatic carbocycles. The van der Waals surface area contributed by atoms with Crippen molar-refractivity contribution >= 4 is 6.29 Å². The van der Waals surface area contributed by atoms with Crippen LogP contribution in [0.4, 0.5) is 13.2 Å². The maximum absolute atomic E-state index is 12.8. The van der Waals surface area contributed by atoms with Crippen LogP contribution < -0.4 is 0 Å². The Morgan fingerprint density at radius 1 is 1.18 bits per heavy atom. The van der Waals surface area contributed by atoms with E-state index in [1.807, 2.05) is 0 Å². The number of carbonyl (C=O) groups is 1. The highest BCUT2D eigenvalue weighted by atomic mass is 19.4. The number of halogens is 3. The zero-order valence-corrected chi connectivity index (χ0v) is 9.63. The third kappa shape index (κ3) is 3.08. The Morgan fingerprint density at radius 2 is 1.76 bits per heavy atom. The number of hydrogen-bond acceptors (Lipinski definition) is 1. The van der Waals surface area contributed by atoms with Crippen molar-refractivity contribution in [1.82, 2.24) is 0 Å². The molecule has 0 saturated heterocycles. The molecule has 0 aliphatic rings. The monoisotopic (exact) mass is 244 g/mol. The van der Waals surface area contributed by atoms with Gasteiger partial charge in [-0.25, -0.2) is 0 Å². The van der Waals surface area contributed by atoms with Crippen LogP contribution in [0, 0.1) is 5.41 Å². The molecule has 4 heteroatoms. The van der Waals surface area contributed by atoms with Gasteiger partial charge in [0.15, 0.2) is 0 Å². The van der Waals surface area contributed by atoms with Crippen molar-refractivity contribution in [1.29, 1.82) is 0 Å². The highest BCUT2D eigenvalue weighted by Gasteiger charge is 2.52. The van der Waals surface area contributed by atoms with Crippen LogP contribution in [0.3, 0.4) is 0 Å². The summed E-state index contributed by atoms with van der Waals surface area (Å²) in [5.74, 6) is 0. The number of rotatable bonds is 5. The fraction of sp³-hybridized carbons (Fsp3) is 0.462. The standard InChI is InChI=1S/C13H15F3O/c1-2-12(10-17,13(14,15)16)9-8-11-6-4-3-5-7-11/h3-7,10H,2,8-9H2,1H3. The van der Waals surface area contributed by atoms with Crippen LogP contribution in [0.1, 0.15) is 25.3 Å². The Bertz CT molecular complexity index is 359. The average molecular weight is 244 g/mol. The molecule has 0 aliphatic carbocycles. The molecule has 1 aromatic rings. The third-order valence-electron chi connectivity index (χ3n) is 3.12. The Balaban J connectivity index is 2.79. The van der Waals surface area contributed by atoms with Gasteiger partial charge < -0.3 is 4.79 Å². The highest BCUT2D eigenvalue weighted by molar-refractivity contribution is 5.60. The molecule has 0 spiro atoms. The van der Waals surface area contributed by atoms with E-state index in [-0.39, 0.29) is 25.5 Å². The van der Waals surface area contributed by atoms with Gasteiger partial charge in [-0.3, -0.25) is 0 Å². The molecule has 1 unspecified atom stereocenters. The van der Waals surface area contributed by atoms with Crippen molar-refractivity contribution in [2.75, 3.05) is 0 Å².